The van der Waals surface area contributed by atoms with E-state index >= 15 is 0 Å². The van der Waals surface area contributed by atoms with Crippen LogP contribution in [0.15, 0.2) is 54.7 Å². The maximum absolute atomic E-state index is 13.5. The highest BCUT2D eigenvalue weighted by Crippen LogP contribution is 2.35. The van der Waals surface area contributed by atoms with Gasteiger partial charge in [0.15, 0.2) is 0 Å². The fourth-order valence-corrected chi connectivity index (χ4v) is 2.99. The van der Waals surface area contributed by atoms with Crippen LogP contribution in [0.2, 0.25) is 0 Å². The standard InChI is InChI=1S/C23H25F3N4O/c1-4-6-16-7-5-8-18(13-16)28-21-20(23(24,25)26)14-27-22(30-21)29-17-9-11-19(12-10-17)31-15(2)3/h5,7-15H,4,6H2,1-3H3,(H2,27,28,29,30). The van der Waals surface area contributed by atoms with E-state index in [4.69, 9.17) is 4.74 Å². The molecular weight excluding hydrogens is 405 g/mol. The molecule has 3 rings (SSSR count). The molecule has 5 nitrogen and oxygen atoms in total. The molecule has 2 aromatic carbocycles. The van der Waals surface area contributed by atoms with E-state index in [0.29, 0.717) is 17.1 Å². The van der Waals surface area contributed by atoms with Crippen molar-refractivity contribution in [3.63, 3.8) is 0 Å². The average Bonchev–Trinajstić information content (AvgIpc) is 2.69. The average molecular weight is 430 g/mol. The molecule has 0 unspecified atom stereocenters. The second-order valence-corrected chi connectivity index (χ2v) is 7.35. The Morgan fingerprint density at radius 1 is 1.00 bits per heavy atom. The molecule has 0 saturated heterocycles. The Morgan fingerprint density at radius 3 is 2.39 bits per heavy atom. The minimum atomic E-state index is -4.59. The van der Waals surface area contributed by atoms with Crippen molar-refractivity contribution in [1.29, 1.82) is 0 Å². The van der Waals surface area contributed by atoms with Gasteiger partial charge in [-0.1, -0.05) is 25.5 Å². The molecule has 0 aliphatic rings. The lowest BCUT2D eigenvalue weighted by Crippen LogP contribution is -2.12. The van der Waals surface area contributed by atoms with Crippen molar-refractivity contribution >= 4 is 23.1 Å². The number of aryl methyl sites for hydroxylation is 1. The number of alkyl halides is 3. The molecule has 0 aliphatic heterocycles. The van der Waals surface area contributed by atoms with Gasteiger partial charge in [0.2, 0.25) is 5.95 Å². The molecule has 0 aliphatic carbocycles. The van der Waals surface area contributed by atoms with Gasteiger partial charge in [-0.05, 0) is 62.2 Å². The summed E-state index contributed by atoms with van der Waals surface area (Å²) in [5.41, 5.74) is 1.28. The molecule has 31 heavy (non-hydrogen) atoms. The van der Waals surface area contributed by atoms with E-state index < -0.39 is 11.7 Å². The monoisotopic (exact) mass is 430 g/mol. The van der Waals surface area contributed by atoms with E-state index in [9.17, 15) is 13.2 Å². The van der Waals surface area contributed by atoms with Gasteiger partial charge in [0.05, 0.1) is 6.10 Å². The first-order valence-electron chi connectivity index (χ1n) is 10.1. The zero-order valence-electron chi connectivity index (χ0n) is 17.6. The summed E-state index contributed by atoms with van der Waals surface area (Å²) >= 11 is 0. The first-order valence-corrected chi connectivity index (χ1v) is 10.1. The number of aromatic nitrogens is 2. The highest BCUT2D eigenvalue weighted by Gasteiger charge is 2.35. The number of hydrogen-bond acceptors (Lipinski definition) is 5. The number of rotatable bonds is 8. The summed E-state index contributed by atoms with van der Waals surface area (Å²) in [5, 5.41) is 5.74. The zero-order chi connectivity index (χ0) is 22.4. The number of ether oxygens (including phenoxy) is 1. The molecule has 3 aromatic rings. The summed E-state index contributed by atoms with van der Waals surface area (Å²) in [6, 6.07) is 14.3. The van der Waals surface area contributed by atoms with Gasteiger partial charge in [0.1, 0.15) is 17.1 Å². The van der Waals surface area contributed by atoms with Gasteiger partial charge in [-0.3, -0.25) is 0 Å². The second kappa shape index (κ2) is 9.68. The largest absolute Gasteiger partial charge is 0.491 e. The summed E-state index contributed by atoms with van der Waals surface area (Å²) in [6.45, 7) is 5.90. The van der Waals surface area contributed by atoms with Gasteiger partial charge in [-0.15, -0.1) is 0 Å². The van der Waals surface area contributed by atoms with Gasteiger partial charge >= 0.3 is 6.18 Å². The third-order valence-electron chi connectivity index (χ3n) is 4.30. The third kappa shape index (κ3) is 6.34. The van der Waals surface area contributed by atoms with Crippen LogP contribution in [0.1, 0.15) is 38.3 Å². The zero-order valence-corrected chi connectivity index (χ0v) is 17.6. The predicted octanol–water partition coefficient (Wildman–Crippen LogP) is 6.72. The Bertz CT molecular complexity index is 1000. The molecule has 1 aromatic heterocycles. The summed E-state index contributed by atoms with van der Waals surface area (Å²) in [5.74, 6) is 0.444. The molecule has 0 spiro atoms. The van der Waals surface area contributed by atoms with Crippen molar-refractivity contribution in [2.45, 2.75) is 45.9 Å². The normalized spacial score (nSPS) is 11.5. The Kier molecular flexibility index (Phi) is 6.99. The first kappa shape index (κ1) is 22.4. The van der Waals surface area contributed by atoms with E-state index in [2.05, 4.69) is 20.6 Å². The summed E-state index contributed by atoms with van der Waals surface area (Å²) < 4.78 is 46.1. The summed E-state index contributed by atoms with van der Waals surface area (Å²) in [4.78, 5) is 7.94. The van der Waals surface area contributed by atoms with Crippen LogP contribution in [0.5, 0.6) is 5.75 Å². The van der Waals surface area contributed by atoms with Crippen LogP contribution in [0.3, 0.4) is 0 Å². The van der Waals surface area contributed by atoms with Crippen LogP contribution in [-0.4, -0.2) is 16.1 Å². The highest BCUT2D eigenvalue weighted by molar-refractivity contribution is 5.63. The number of hydrogen-bond donors (Lipinski definition) is 2. The first-order chi connectivity index (χ1) is 14.7. The molecule has 0 bridgehead atoms. The minimum absolute atomic E-state index is 0.0431. The van der Waals surface area contributed by atoms with Crippen LogP contribution in [0, 0.1) is 0 Å². The molecule has 164 valence electrons. The molecular formula is C23H25F3N4O. The molecule has 8 heteroatoms. The van der Waals surface area contributed by atoms with Crippen molar-refractivity contribution in [2.75, 3.05) is 10.6 Å². The van der Waals surface area contributed by atoms with E-state index in [0.717, 1.165) is 24.6 Å². The molecule has 0 radical (unpaired) electrons. The van der Waals surface area contributed by atoms with E-state index in [1.54, 1.807) is 30.3 Å². The van der Waals surface area contributed by atoms with Gasteiger partial charge < -0.3 is 15.4 Å². The van der Waals surface area contributed by atoms with Crippen molar-refractivity contribution < 1.29 is 17.9 Å². The van der Waals surface area contributed by atoms with Crippen LogP contribution < -0.4 is 15.4 Å². The topological polar surface area (TPSA) is 59.1 Å². The summed E-state index contributed by atoms with van der Waals surface area (Å²) in [6.07, 6.45) is -1.97. The van der Waals surface area contributed by atoms with Crippen LogP contribution in [-0.2, 0) is 12.6 Å². The molecule has 0 atom stereocenters. The molecule has 0 amide bonds. The Balaban J connectivity index is 1.85. The number of halogens is 3. The lowest BCUT2D eigenvalue weighted by atomic mass is 10.1. The van der Waals surface area contributed by atoms with Gasteiger partial charge in [-0.25, -0.2) is 4.98 Å². The quantitative estimate of drug-likeness (QED) is 0.415. The second-order valence-electron chi connectivity index (χ2n) is 7.35. The lowest BCUT2D eigenvalue weighted by Gasteiger charge is -2.15. The minimum Gasteiger partial charge on any atom is -0.491 e. The van der Waals surface area contributed by atoms with Gasteiger partial charge in [0, 0.05) is 17.6 Å². The summed E-state index contributed by atoms with van der Waals surface area (Å²) in [7, 11) is 0. The Labute approximate surface area is 179 Å². The number of anilines is 4. The van der Waals surface area contributed by atoms with E-state index in [-0.39, 0.29) is 17.9 Å². The predicted molar refractivity (Wildman–Crippen MR) is 116 cm³/mol. The van der Waals surface area contributed by atoms with Crippen LogP contribution in [0.25, 0.3) is 0 Å². The number of benzene rings is 2. The van der Waals surface area contributed by atoms with Crippen LogP contribution >= 0.6 is 0 Å². The van der Waals surface area contributed by atoms with Crippen molar-refractivity contribution in [2.24, 2.45) is 0 Å². The van der Waals surface area contributed by atoms with Gasteiger partial charge in [-0.2, -0.15) is 18.2 Å². The SMILES string of the molecule is CCCc1cccc(Nc2nc(Nc3ccc(OC(C)C)cc3)ncc2C(F)(F)F)c1. The molecule has 0 saturated carbocycles. The van der Waals surface area contributed by atoms with Crippen LogP contribution in [0.4, 0.5) is 36.3 Å². The van der Waals surface area contributed by atoms with Crippen molar-refractivity contribution in [1.82, 2.24) is 9.97 Å². The smallest absolute Gasteiger partial charge is 0.421 e. The van der Waals surface area contributed by atoms with E-state index in [1.165, 1.54) is 0 Å². The Hall–Kier alpha value is -3.29. The van der Waals surface area contributed by atoms with Gasteiger partial charge in [0.25, 0.3) is 0 Å². The Morgan fingerprint density at radius 2 is 1.74 bits per heavy atom. The highest BCUT2D eigenvalue weighted by atomic mass is 19.4. The number of nitrogens with zero attached hydrogens (tertiary/aromatic N) is 2. The molecule has 0 fully saturated rings. The fraction of sp³-hybridized carbons (Fsp3) is 0.304. The maximum atomic E-state index is 13.5. The van der Waals surface area contributed by atoms with E-state index in [1.807, 2.05) is 39.0 Å². The number of nitrogens with one attached hydrogen (secondary N) is 2. The molecule has 1 heterocycles. The van der Waals surface area contributed by atoms with Crippen molar-refractivity contribution in [3.8, 4) is 5.75 Å². The fourth-order valence-electron chi connectivity index (χ4n) is 2.99. The lowest BCUT2D eigenvalue weighted by molar-refractivity contribution is -0.137. The van der Waals surface area contributed by atoms with Crippen molar-refractivity contribution in [3.05, 3.63) is 65.9 Å². The maximum Gasteiger partial charge on any atom is 0.421 e. The molecule has 2 N–H and O–H groups in total. The third-order valence-corrected chi connectivity index (χ3v) is 4.30.